The molecule has 2 aliphatic carbocycles. The monoisotopic (exact) mass is 517 g/mol. The Balaban J connectivity index is 1.41. The Labute approximate surface area is 215 Å². The van der Waals surface area contributed by atoms with Crippen molar-refractivity contribution in [1.82, 2.24) is 10.2 Å². The van der Waals surface area contributed by atoms with Crippen molar-refractivity contribution in [1.29, 1.82) is 0 Å². The van der Waals surface area contributed by atoms with Gasteiger partial charge in [0.25, 0.3) is 0 Å². The number of esters is 1. The van der Waals surface area contributed by atoms with Gasteiger partial charge in [-0.2, -0.15) is 0 Å². The standard InChI is InChI=1S/C26H35N3O6S/c1-26(2,3)35-24(33)20-14-36-23(19-11-16-7-8-17(19)9-16)29(20)21(30)13-27-25(34)28-18-6-4-5-15(10-18)12-22(31)32/h4-6,10,16-17,19-20,23H,7-9,11-14H2,1-3H3,(H,31,32)(H2,27,28,34)/t16?,17?,19?,20-,23?/m0/s1. The zero-order chi connectivity index (χ0) is 26.0. The molecule has 10 heteroatoms. The molecular formula is C26H35N3O6S. The predicted octanol–water partition coefficient (Wildman–Crippen LogP) is 3.48. The highest BCUT2D eigenvalue weighted by Crippen LogP contribution is 2.53. The number of carbonyl (C=O) groups excluding carboxylic acids is 3. The van der Waals surface area contributed by atoms with Gasteiger partial charge in [-0.1, -0.05) is 18.6 Å². The zero-order valence-electron chi connectivity index (χ0n) is 21.0. The van der Waals surface area contributed by atoms with Crippen LogP contribution in [0.5, 0.6) is 0 Å². The highest BCUT2D eigenvalue weighted by atomic mass is 32.2. The van der Waals surface area contributed by atoms with Crippen LogP contribution in [0, 0.1) is 17.8 Å². The van der Waals surface area contributed by atoms with Gasteiger partial charge in [0.2, 0.25) is 5.91 Å². The minimum atomic E-state index is -0.963. The van der Waals surface area contributed by atoms with E-state index in [0.717, 1.165) is 6.42 Å². The summed E-state index contributed by atoms with van der Waals surface area (Å²) < 4.78 is 5.63. The van der Waals surface area contributed by atoms with Crippen molar-refractivity contribution in [2.24, 2.45) is 17.8 Å². The molecule has 0 aromatic heterocycles. The number of aliphatic carboxylic acids is 1. The molecule has 3 N–H and O–H groups in total. The number of hydrogen-bond donors (Lipinski definition) is 3. The Morgan fingerprint density at radius 3 is 2.58 bits per heavy atom. The lowest BCUT2D eigenvalue weighted by Crippen LogP contribution is -2.53. The molecule has 0 spiro atoms. The molecule has 2 saturated carbocycles. The summed E-state index contributed by atoms with van der Waals surface area (Å²) in [5.41, 5.74) is 0.329. The predicted molar refractivity (Wildman–Crippen MR) is 136 cm³/mol. The van der Waals surface area contributed by atoms with Crippen molar-refractivity contribution in [2.45, 2.75) is 69.9 Å². The maximum absolute atomic E-state index is 13.4. The minimum absolute atomic E-state index is 0.0946. The van der Waals surface area contributed by atoms with E-state index in [4.69, 9.17) is 9.84 Å². The molecule has 3 amide bonds. The fourth-order valence-electron chi connectivity index (χ4n) is 5.72. The van der Waals surface area contributed by atoms with E-state index in [9.17, 15) is 19.2 Å². The summed E-state index contributed by atoms with van der Waals surface area (Å²) in [6.07, 6.45) is 4.54. The summed E-state index contributed by atoms with van der Waals surface area (Å²) in [6.45, 7) is 5.18. The fraction of sp³-hybridized carbons (Fsp3) is 0.615. The molecule has 9 nitrogen and oxygen atoms in total. The van der Waals surface area contributed by atoms with Crippen LogP contribution in [0.4, 0.5) is 10.5 Å². The molecule has 3 fully saturated rings. The summed E-state index contributed by atoms with van der Waals surface area (Å²) in [5.74, 6) is 0.452. The van der Waals surface area contributed by atoms with Gasteiger partial charge in [-0.05, 0) is 75.5 Å². The maximum atomic E-state index is 13.4. The minimum Gasteiger partial charge on any atom is -0.481 e. The molecule has 5 atom stereocenters. The van der Waals surface area contributed by atoms with Gasteiger partial charge in [0.1, 0.15) is 11.6 Å². The van der Waals surface area contributed by atoms with Crippen molar-refractivity contribution >= 4 is 41.3 Å². The highest BCUT2D eigenvalue weighted by molar-refractivity contribution is 8.00. The summed E-state index contributed by atoms with van der Waals surface area (Å²) in [7, 11) is 0. The normalized spacial score (nSPS) is 27.1. The third-order valence-corrected chi connectivity index (χ3v) is 8.53. The first-order valence-corrected chi connectivity index (χ1v) is 13.6. The van der Waals surface area contributed by atoms with E-state index in [1.165, 1.54) is 19.3 Å². The summed E-state index contributed by atoms with van der Waals surface area (Å²) in [5, 5.41) is 14.1. The van der Waals surface area contributed by atoms with Gasteiger partial charge in [0, 0.05) is 11.4 Å². The molecule has 36 heavy (non-hydrogen) atoms. The number of carbonyl (C=O) groups is 4. The van der Waals surface area contributed by atoms with E-state index in [1.54, 1.807) is 40.9 Å². The number of thioether (sulfide) groups is 1. The van der Waals surface area contributed by atoms with Crippen LogP contribution < -0.4 is 10.6 Å². The Morgan fingerprint density at radius 2 is 1.94 bits per heavy atom. The lowest BCUT2D eigenvalue weighted by Gasteiger charge is -2.36. The molecular weight excluding hydrogens is 482 g/mol. The molecule has 1 heterocycles. The third-order valence-electron chi connectivity index (χ3n) is 7.10. The van der Waals surface area contributed by atoms with Gasteiger partial charge in [0.15, 0.2) is 0 Å². The number of nitrogens with zero attached hydrogens (tertiary/aromatic N) is 1. The molecule has 4 unspecified atom stereocenters. The van der Waals surface area contributed by atoms with Crippen LogP contribution in [0.3, 0.4) is 0 Å². The molecule has 4 rings (SSSR count). The molecule has 1 aliphatic heterocycles. The van der Waals surface area contributed by atoms with E-state index >= 15 is 0 Å². The number of rotatable bonds is 7. The van der Waals surface area contributed by atoms with Gasteiger partial charge < -0.3 is 25.4 Å². The number of urea groups is 1. The maximum Gasteiger partial charge on any atom is 0.330 e. The van der Waals surface area contributed by atoms with Crippen LogP contribution in [-0.2, 0) is 25.5 Å². The second kappa shape index (κ2) is 10.7. The Morgan fingerprint density at radius 1 is 1.17 bits per heavy atom. The average molecular weight is 518 g/mol. The quantitative estimate of drug-likeness (QED) is 0.473. The number of nitrogens with one attached hydrogen (secondary N) is 2. The average Bonchev–Trinajstić information content (AvgIpc) is 3.51. The van der Waals surface area contributed by atoms with Crippen molar-refractivity contribution in [3.05, 3.63) is 29.8 Å². The van der Waals surface area contributed by atoms with Crippen LogP contribution >= 0.6 is 11.8 Å². The number of carboxylic acid groups (broad SMARTS) is 1. The van der Waals surface area contributed by atoms with Crippen molar-refractivity contribution in [3.63, 3.8) is 0 Å². The Bertz CT molecular complexity index is 1030. The number of anilines is 1. The first kappa shape index (κ1) is 26.3. The molecule has 1 aromatic rings. The van der Waals surface area contributed by atoms with Gasteiger partial charge in [-0.3, -0.25) is 9.59 Å². The molecule has 2 bridgehead atoms. The number of hydrogen-bond acceptors (Lipinski definition) is 6. The SMILES string of the molecule is CC(C)(C)OC(=O)[C@@H]1CSC(C2CC3CCC2C3)N1C(=O)CNC(=O)Nc1cccc(CC(=O)O)c1. The number of fused-ring (bicyclic) bond motifs is 2. The molecule has 196 valence electrons. The zero-order valence-corrected chi connectivity index (χ0v) is 21.8. The molecule has 1 saturated heterocycles. The van der Waals surface area contributed by atoms with Gasteiger partial charge in [0.05, 0.1) is 18.3 Å². The number of amides is 3. The largest absolute Gasteiger partial charge is 0.481 e. The second-order valence-corrected chi connectivity index (χ2v) is 12.1. The molecule has 3 aliphatic rings. The number of benzene rings is 1. The van der Waals surface area contributed by atoms with E-state index in [2.05, 4.69) is 10.6 Å². The molecule has 1 aromatic carbocycles. The van der Waals surface area contributed by atoms with Crippen LogP contribution in [-0.4, -0.2) is 63.2 Å². The van der Waals surface area contributed by atoms with E-state index in [-0.39, 0.29) is 24.2 Å². The van der Waals surface area contributed by atoms with Gasteiger partial charge >= 0.3 is 18.0 Å². The van der Waals surface area contributed by atoms with Gasteiger partial charge in [-0.25, -0.2) is 9.59 Å². The Kier molecular flexibility index (Phi) is 7.82. The smallest absolute Gasteiger partial charge is 0.330 e. The van der Waals surface area contributed by atoms with E-state index < -0.39 is 29.6 Å². The van der Waals surface area contributed by atoms with Crippen LogP contribution in [0.1, 0.15) is 52.0 Å². The highest BCUT2D eigenvalue weighted by Gasteiger charge is 2.51. The first-order chi connectivity index (χ1) is 17.0. The molecule has 0 radical (unpaired) electrons. The number of ether oxygens (including phenoxy) is 1. The summed E-state index contributed by atoms with van der Waals surface area (Å²) >= 11 is 1.65. The first-order valence-electron chi connectivity index (χ1n) is 12.5. The number of carboxylic acids is 1. The van der Waals surface area contributed by atoms with Crippen LogP contribution in [0.2, 0.25) is 0 Å². The summed E-state index contributed by atoms with van der Waals surface area (Å²) in [6, 6.07) is 5.30. The Hall–Kier alpha value is -2.75. The fourth-order valence-corrected chi connectivity index (χ4v) is 7.41. The summed E-state index contributed by atoms with van der Waals surface area (Å²) in [4.78, 5) is 51.6. The van der Waals surface area contributed by atoms with Gasteiger partial charge in [-0.15, -0.1) is 11.8 Å². The van der Waals surface area contributed by atoms with Crippen LogP contribution in [0.15, 0.2) is 24.3 Å². The lowest BCUT2D eigenvalue weighted by molar-refractivity contribution is -0.164. The van der Waals surface area contributed by atoms with Crippen molar-refractivity contribution < 1.29 is 29.0 Å². The van der Waals surface area contributed by atoms with E-state index in [0.29, 0.717) is 34.8 Å². The third kappa shape index (κ3) is 6.32. The lowest BCUT2D eigenvalue weighted by atomic mass is 9.88. The second-order valence-electron chi connectivity index (χ2n) is 11.0. The van der Waals surface area contributed by atoms with Crippen molar-refractivity contribution in [3.8, 4) is 0 Å². The van der Waals surface area contributed by atoms with E-state index in [1.807, 2.05) is 20.8 Å². The van der Waals surface area contributed by atoms with Crippen LogP contribution in [0.25, 0.3) is 0 Å². The topological polar surface area (TPSA) is 125 Å². The van der Waals surface area contributed by atoms with Crippen molar-refractivity contribution in [2.75, 3.05) is 17.6 Å².